The van der Waals surface area contributed by atoms with Gasteiger partial charge in [-0.3, -0.25) is 14.9 Å². The van der Waals surface area contributed by atoms with E-state index in [0.717, 1.165) is 25.7 Å². The minimum atomic E-state index is -0.850. The van der Waals surface area contributed by atoms with E-state index in [1.54, 1.807) is 0 Å². The van der Waals surface area contributed by atoms with Gasteiger partial charge in [0.25, 0.3) is 5.91 Å². The summed E-state index contributed by atoms with van der Waals surface area (Å²) in [7, 11) is 0. The number of urea groups is 1. The molecular weight excluding hydrogens is 344 g/mol. The largest absolute Gasteiger partial charge is 0.481 e. The van der Waals surface area contributed by atoms with Crippen molar-refractivity contribution in [1.29, 1.82) is 0 Å². The molecular formula is C17H28N2O5S. The van der Waals surface area contributed by atoms with Gasteiger partial charge in [-0.05, 0) is 43.8 Å². The molecule has 2 fully saturated rings. The Morgan fingerprint density at radius 1 is 1.28 bits per heavy atom. The lowest BCUT2D eigenvalue weighted by Crippen LogP contribution is -2.38. The molecule has 1 heterocycles. The number of nitrogens with one attached hydrogen (secondary N) is 1. The molecule has 0 aromatic carbocycles. The number of nitrogens with zero attached hydrogens (tertiary/aromatic N) is 1. The van der Waals surface area contributed by atoms with Crippen LogP contribution < -0.4 is 5.32 Å². The highest BCUT2D eigenvalue weighted by Gasteiger charge is 2.38. The summed E-state index contributed by atoms with van der Waals surface area (Å²) in [6.07, 6.45) is 6.88. The van der Waals surface area contributed by atoms with Crippen molar-refractivity contribution in [3.05, 3.63) is 0 Å². The van der Waals surface area contributed by atoms with Crippen LogP contribution in [-0.2, 0) is 9.59 Å². The molecule has 2 atom stereocenters. The molecule has 1 aliphatic carbocycles. The van der Waals surface area contributed by atoms with Crippen LogP contribution in [0.15, 0.2) is 0 Å². The van der Waals surface area contributed by atoms with Crippen LogP contribution in [-0.4, -0.2) is 63.2 Å². The van der Waals surface area contributed by atoms with Crippen LogP contribution in [0.3, 0.4) is 0 Å². The zero-order valence-electron chi connectivity index (χ0n) is 14.5. The SMILES string of the molecule is O=C(O)CSCCC[C@H]1C(=O)NC(=O)N1CC[C@@H](O)C1CCCCC1. The maximum Gasteiger partial charge on any atom is 0.324 e. The minimum Gasteiger partial charge on any atom is -0.481 e. The Morgan fingerprint density at radius 3 is 2.68 bits per heavy atom. The predicted octanol–water partition coefficient (Wildman–Crippen LogP) is 1.84. The molecule has 0 aromatic rings. The number of amides is 3. The highest BCUT2D eigenvalue weighted by molar-refractivity contribution is 7.99. The van der Waals surface area contributed by atoms with E-state index in [-0.39, 0.29) is 17.7 Å². The number of carboxylic acid groups (broad SMARTS) is 1. The standard InChI is InChI=1S/C17H28N2O5S/c20-14(12-5-2-1-3-6-12)8-9-19-13(16(23)18-17(19)24)7-4-10-25-11-15(21)22/h12-14,20H,1-11H2,(H,21,22)(H,18,23,24)/t13-,14+/m0/s1. The van der Waals surface area contributed by atoms with Crippen molar-refractivity contribution in [2.75, 3.05) is 18.1 Å². The summed E-state index contributed by atoms with van der Waals surface area (Å²) < 4.78 is 0. The van der Waals surface area contributed by atoms with Crippen molar-refractivity contribution in [1.82, 2.24) is 10.2 Å². The summed E-state index contributed by atoms with van der Waals surface area (Å²) in [6, 6.07) is -0.888. The molecule has 8 heteroatoms. The summed E-state index contributed by atoms with van der Waals surface area (Å²) in [6.45, 7) is 0.377. The van der Waals surface area contributed by atoms with Gasteiger partial charge in [0.1, 0.15) is 6.04 Å². The average Bonchev–Trinajstić information content (AvgIpc) is 2.86. The number of hydrogen-bond acceptors (Lipinski definition) is 5. The number of carboxylic acids is 1. The number of aliphatic hydroxyl groups is 1. The van der Waals surface area contributed by atoms with Gasteiger partial charge in [0, 0.05) is 6.54 Å². The van der Waals surface area contributed by atoms with Crippen LogP contribution in [0.5, 0.6) is 0 Å². The fourth-order valence-electron chi connectivity index (χ4n) is 3.65. The number of thioether (sulfide) groups is 1. The van der Waals surface area contributed by atoms with Crippen molar-refractivity contribution in [2.24, 2.45) is 5.92 Å². The molecule has 2 rings (SSSR count). The fraction of sp³-hybridized carbons (Fsp3) is 0.824. The highest BCUT2D eigenvalue weighted by Crippen LogP contribution is 2.28. The van der Waals surface area contributed by atoms with Crippen LogP contribution >= 0.6 is 11.8 Å². The summed E-state index contributed by atoms with van der Waals surface area (Å²) in [5.41, 5.74) is 0. The molecule has 25 heavy (non-hydrogen) atoms. The Labute approximate surface area is 152 Å². The summed E-state index contributed by atoms with van der Waals surface area (Å²) in [4.78, 5) is 36.0. The van der Waals surface area contributed by atoms with Crippen LogP contribution in [0.25, 0.3) is 0 Å². The van der Waals surface area contributed by atoms with Crippen LogP contribution in [0.1, 0.15) is 51.4 Å². The Bertz CT molecular complexity index is 482. The molecule has 7 nitrogen and oxygen atoms in total. The van der Waals surface area contributed by atoms with Gasteiger partial charge in [-0.15, -0.1) is 0 Å². The first-order valence-electron chi connectivity index (χ1n) is 9.08. The Kier molecular flexibility index (Phi) is 8.02. The number of hydrogen-bond donors (Lipinski definition) is 3. The molecule has 3 amide bonds. The number of imide groups is 1. The van der Waals surface area contributed by atoms with Crippen molar-refractivity contribution in [2.45, 2.75) is 63.5 Å². The number of rotatable bonds is 10. The number of carbonyl (C=O) groups is 3. The first kappa shape index (κ1) is 20.0. The third kappa shape index (κ3) is 6.18. The molecule has 0 radical (unpaired) electrons. The predicted molar refractivity (Wildman–Crippen MR) is 95.4 cm³/mol. The summed E-state index contributed by atoms with van der Waals surface area (Å²) in [5.74, 6) is -0.144. The van der Waals surface area contributed by atoms with E-state index < -0.39 is 18.1 Å². The Hall–Kier alpha value is -1.28. The van der Waals surface area contributed by atoms with E-state index in [9.17, 15) is 19.5 Å². The lowest BCUT2D eigenvalue weighted by molar-refractivity contribution is -0.134. The third-order valence-electron chi connectivity index (χ3n) is 5.02. The van der Waals surface area contributed by atoms with E-state index >= 15 is 0 Å². The molecule has 3 N–H and O–H groups in total. The van der Waals surface area contributed by atoms with Crippen LogP contribution in [0.2, 0.25) is 0 Å². The molecule has 142 valence electrons. The zero-order chi connectivity index (χ0) is 18.2. The lowest BCUT2D eigenvalue weighted by Gasteiger charge is -2.29. The third-order valence-corrected chi connectivity index (χ3v) is 6.05. The molecule has 1 aliphatic heterocycles. The van der Waals surface area contributed by atoms with Gasteiger partial charge in [0.05, 0.1) is 11.9 Å². The Morgan fingerprint density at radius 2 is 2.00 bits per heavy atom. The molecule has 0 unspecified atom stereocenters. The van der Waals surface area contributed by atoms with Gasteiger partial charge in [0.15, 0.2) is 0 Å². The van der Waals surface area contributed by atoms with E-state index in [1.807, 2.05) is 0 Å². The van der Waals surface area contributed by atoms with Crippen molar-refractivity contribution in [3.8, 4) is 0 Å². The van der Waals surface area contributed by atoms with Gasteiger partial charge < -0.3 is 15.1 Å². The van der Waals surface area contributed by atoms with E-state index in [1.165, 1.54) is 23.1 Å². The minimum absolute atomic E-state index is 0.0487. The first-order valence-corrected chi connectivity index (χ1v) is 10.2. The van der Waals surface area contributed by atoms with Crippen molar-refractivity contribution >= 4 is 29.7 Å². The van der Waals surface area contributed by atoms with Crippen LogP contribution in [0.4, 0.5) is 4.79 Å². The molecule has 1 saturated heterocycles. The smallest absolute Gasteiger partial charge is 0.324 e. The highest BCUT2D eigenvalue weighted by atomic mass is 32.2. The topological polar surface area (TPSA) is 107 Å². The second kappa shape index (κ2) is 10.0. The van der Waals surface area contributed by atoms with Gasteiger partial charge >= 0.3 is 12.0 Å². The maximum atomic E-state index is 12.0. The maximum absolute atomic E-state index is 12.0. The monoisotopic (exact) mass is 372 g/mol. The molecule has 2 aliphatic rings. The molecule has 0 bridgehead atoms. The molecule has 0 aromatic heterocycles. The number of aliphatic carboxylic acids is 1. The number of carbonyl (C=O) groups excluding carboxylic acids is 2. The van der Waals surface area contributed by atoms with Gasteiger partial charge in [-0.1, -0.05) is 19.3 Å². The zero-order valence-corrected chi connectivity index (χ0v) is 15.3. The Balaban J connectivity index is 1.76. The summed E-state index contributed by atoms with van der Waals surface area (Å²) >= 11 is 1.31. The van der Waals surface area contributed by atoms with Gasteiger partial charge in [-0.2, -0.15) is 11.8 Å². The molecule has 1 saturated carbocycles. The van der Waals surface area contributed by atoms with E-state index in [4.69, 9.17) is 5.11 Å². The van der Waals surface area contributed by atoms with E-state index in [2.05, 4.69) is 5.32 Å². The quantitative estimate of drug-likeness (QED) is 0.399. The van der Waals surface area contributed by atoms with Crippen molar-refractivity contribution in [3.63, 3.8) is 0 Å². The van der Waals surface area contributed by atoms with E-state index in [0.29, 0.717) is 37.5 Å². The first-order chi connectivity index (χ1) is 12.0. The average molecular weight is 372 g/mol. The fourth-order valence-corrected chi connectivity index (χ4v) is 4.34. The molecule has 0 spiro atoms. The normalized spacial score (nSPS) is 22.9. The number of aliphatic hydroxyl groups excluding tert-OH is 1. The second-order valence-corrected chi connectivity index (χ2v) is 7.95. The van der Waals surface area contributed by atoms with Gasteiger partial charge in [-0.25, -0.2) is 4.79 Å². The summed E-state index contributed by atoms with van der Waals surface area (Å²) in [5, 5.41) is 21.3. The van der Waals surface area contributed by atoms with Crippen molar-refractivity contribution < 1.29 is 24.6 Å². The lowest BCUT2D eigenvalue weighted by atomic mass is 9.84. The second-order valence-electron chi connectivity index (χ2n) is 6.85. The van der Waals surface area contributed by atoms with Crippen LogP contribution in [0, 0.1) is 5.92 Å². The van der Waals surface area contributed by atoms with Gasteiger partial charge in [0.2, 0.25) is 0 Å².